The van der Waals surface area contributed by atoms with Gasteiger partial charge in [0.15, 0.2) is 6.29 Å². The molecule has 0 atom stereocenters. The number of hydrogen-bond donors (Lipinski definition) is 0. The summed E-state index contributed by atoms with van der Waals surface area (Å²) in [5.41, 5.74) is 4.03. The summed E-state index contributed by atoms with van der Waals surface area (Å²) in [4.78, 5) is 11.1. The third-order valence-electron chi connectivity index (χ3n) is 3.24. The molecule has 0 saturated carbocycles. The molecule has 0 bridgehead atoms. The number of benzene rings is 2. The standard InChI is InChI=1S/C17H18O2/c1-12(2)13-5-4-6-14(9-13)15-7-8-17(19-3)16(10-15)11-18/h4-12H,1-3H3. The van der Waals surface area contributed by atoms with Gasteiger partial charge in [0.2, 0.25) is 0 Å². The zero-order valence-corrected chi connectivity index (χ0v) is 11.5. The van der Waals surface area contributed by atoms with Crippen molar-refractivity contribution in [2.24, 2.45) is 0 Å². The van der Waals surface area contributed by atoms with Crippen LogP contribution in [0.5, 0.6) is 5.75 Å². The summed E-state index contributed by atoms with van der Waals surface area (Å²) in [6.07, 6.45) is 0.828. The lowest BCUT2D eigenvalue weighted by molar-refractivity contribution is 0.112. The number of carbonyl (C=O) groups excluding carboxylic acids is 1. The van der Waals surface area contributed by atoms with E-state index >= 15 is 0 Å². The van der Waals surface area contributed by atoms with Crippen molar-refractivity contribution in [3.05, 3.63) is 53.6 Å². The van der Waals surface area contributed by atoms with Crippen molar-refractivity contribution in [3.63, 3.8) is 0 Å². The van der Waals surface area contributed by atoms with E-state index in [-0.39, 0.29) is 0 Å². The highest BCUT2D eigenvalue weighted by Crippen LogP contribution is 2.27. The van der Waals surface area contributed by atoms with E-state index in [9.17, 15) is 4.79 Å². The van der Waals surface area contributed by atoms with E-state index in [0.29, 0.717) is 17.2 Å². The molecule has 0 heterocycles. The molecule has 0 fully saturated rings. The molecule has 19 heavy (non-hydrogen) atoms. The highest BCUT2D eigenvalue weighted by Gasteiger charge is 2.06. The first kappa shape index (κ1) is 13.3. The van der Waals surface area contributed by atoms with Gasteiger partial charge in [0.25, 0.3) is 0 Å². The molecule has 0 saturated heterocycles. The summed E-state index contributed by atoms with van der Waals surface area (Å²) in [6.45, 7) is 4.34. The van der Waals surface area contributed by atoms with Crippen LogP contribution in [0.4, 0.5) is 0 Å². The lowest BCUT2D eigenvalue weighted by atomic mass is 9.96. The molecule has 0 radical (unpaired) electrons. The van der Waals surface area contributed by atoms with Crippen molar-refractivity contribution in [1.82, 2.24) is 0 Å². The predicted molar refractivity (Wildman–Crippen MR) is 77.9 cm³/mol. The number of rotatable bonds is 4. The van der Waals surface area contributed by atoms with E-state index in [0.717, 1.165) is 17.4 Å². The maximum absolute atomic E-state index is 11.1. The lowest BCUT2D eigenvalue weighted by Gasteiger charge is -2.10. The second-order valence-electron chi connectivity index (χ2n) is 4.85. The van der Waals surface area contributed by atoms with Gasteiger partial charge in [-0.1, -0.05) is 44.2 Å². The van der Waals surface area contributed by atoms with Crippen molar-refractivity contribution in [3.8, 4) is 16.9 Å². The van der Waals surface area contributed by atoms with Crippen LogP contribution in [-0.4, -0.2) is 13.4 Å². The molecular weight excluding hydrogens is 236 g/mol. The van der Waals surface area contributed by atoms with Crippen LogP contribution in [0.2, 0.25) is 0 Å². The Morgan fingerprint density at radius 3 is 2.42 bits per heavy atom. The zero-order chi connectivity index (χ0) is 13.8. The minimum atomic E-state index is 0.490. The molecule has 0 amide bonds. The molecule has 2 rings (SSSR count). The molecule has 2 nitrogen and oxygen atoms in total. The van der Waals surface area contributed by atoms with E-state index in [1.54, 1.807) is 7.11 Å². The van der Waals surface area contributed by atoms with Gasteiger partial charge in [0.05, 0.1) is 12.7 Å². The van der Waals surface area contributed by atoms with Gasteiger partial charge in [0.1, 0.15) is 5.75 Å². The first-order chi connectivity index (χ1) is 9.15. The van der Waals surface area contributed by atoms with Crippen LogP contribution in [0.1, 0.15) is 35.7 Å². The van der Waals surface area contributed by atoms with E-state index in [2.05, 4.69) is 38.1 Å². The van der Waals surface area contributed by atoms with Crippen molar-refractivity contribution in [2.45, 2.75) is 19.8 Å². The Hall–Kier alpha value is -2.09. The quantitative estimate of drug-likeness (QED) is 0.760. The second-order valence-corrected chi connectivity index (χ2v) is 4.85. The molecular formula is C17H18O2. The summed E-state index contributed by atoms with van der Waals surface area (Å²) in [5, 5.41) is 0. The van der Waals surface area contributed by atoms with Gasteiger partial charge in [-0.3, -0.25) is 4.79 Å². The summed E-state index contributed by atoms with van der Waals surface area (Å²) in [7, 11) is 1.57. The molecule has 0 aromatic heterocycles. The second kappa shape index (κ2) is 5.70. The molecule has 0 unspecified atom stereocenters. The molecule has 2 heteroatoms. The molecule has 2 aromatic rings. The average Bonchev–Trinajstić information content (AvgIpc) is 2.46. The van der Waals surface area contributed by atoms with Gasteiger partial charge >= 0.3 is 0 Å². The monoisotopic (exact) mass is 254 g/mol. The average molecular weight is 254 g/mol. The fraction of sp³-hybridized carbons (Fsp3) is 0.235. The first-order valence-electron chi connectivity index (χ1n) is 6.39. The van der Waals surface area contributed by atoms with Crippen LogP contribution >= 0.6 is 0 Å². The van der Waals surface area contributed by atoms with Crippen LogP contribution < -0.4 is 4.74 Å². The van der Waals surface area contributed by atoms with E-state index < -0.39 is 0 Å². The lowest BCUT2D eigenvalue weighted by Crippen LogP contribution is -1.92. The number of carbonyl (C=O) groups is 1. The minimum Gasteiger partial charge on any atom is -0.496 e. The van der Waals surface area contributed by atoms with Crippen LogP contribution in [0, 0.1) is 0 Å². The Balaban J connectivity index is 2.47. The maximum Gasteiger partial charge on any atom is 0.153 e. The molecule has 0 spiro atoms. The Labute approximate surface area is 114 Å². The summed E-state index contributed by atoms with van der Waals surface area (Å²) in [6, 6.07) is 14.1. The SMILES string of the molecule is COc1ccc(-c2cccc(C(C)C)c2)cc1C=O. The van der Waals surface area contributed by atoms with E-state index in [4.69, 9.17) is 4.74 Å². The van der Waals surface area contributed by atoms with Crippen molar-refractivity contribution < 1.29 is 9.53 Å². The molecule has 0 aliphatic rings. The predicted octanol–water partition coefficient (Wildman–Crippen LogP) is 4.30. The highest BCUT2D eigenvalue weighted by atomic mass is 16.5. The van der Waals surface area contributed by atoms with Crippen molar-refractivity contribution in [1.29, 1.82) is 0 Å². The summed E-state index contributed by atoms with van der Waals surface area (Å²) >= 11 is 0. The number of methoxy groups -OCH3 is 1. The van der Waals surface area contributed by atoms with Crippen molar-refractivity contribution >= 4 is 6.29 Å². The fourth-order valence-electron chi connectivity index (χ4n) is 2.08. The highest BCUT2D eigenvalue weighted by molar-refractivity contribution is 5.83. The molecule has 0 N–H and O–H groups in total. The van der Waals surface area contributed by atoms with Crippen LogP contribution in [0.3, 0.4) is 0 Å². The Kier molecular flexibility index (Phi) is 4.00. The summed E-state index contributed by atoms with van der Waals surface area (Å²) < 4.78 is 5.16. The number of aldehydes is 1. The topological polar surface area (TPSA) is 26.3 Å². The molecule has 98 valence electrons. The summed E-state index contributed by atoms with van der Waals surface area (Å²) in [5.74, 6) is 1.10. The molecule has 0 aliphatic heterocycles. The third kappa shape index (κ3) is 2.84. The Morgan fingerprint density at radius 2 is 1.79 bits per heavy atom. The van der Waals surface area contributed by atoms with Gasteiger partial charge in [-0.05, 0) is 34.7 Å². The number of ether oxygens (including phenoxy) is 1. The van der Waals surface area contributed by atoms with Gasteiger partial charge in [-0.15, -0.1) is 0 Å². The molecule has 2 aromatic carbocycles. The van der Waals surface area contributed by atoms with Gasteiger partial charge in [-0.25, -0.2) is 0 Å². The van der Waals surface area contributed by atoms with E-state index in [1.165, 1.54) is 5.56 Å². The Bertz CT molecular complexity index is 586. The Morgan fingerprint density at radius 1 is 1.05 bits per heavy atom. The maximum atomic E-state index is 11.1. The third-order valence-corrected chi connectivity index (χ3v) is 3.24. The van der Waals surface area contributed by atoms with E-state index in [1.807, 2.05) is 18.2 Å². The smallest absolute Gasteiger partial charge is 0.153 e. The largest absolute Gasteiger partial charge is 0.496 e. The first-order valence-corrected chi connectivity index (χ1v) is 6.39. The van der Waals surface area contributed by atoms with Crippen molar-refractivity contribution in [2.75, 3.05) is 7.11 Å². The van der Waals surface area contributed by atoms with Gasteiger partial charge < -0.3 is 4.74 Å². The van der Waals surface area contributed by atoms with Gasteiger partial charge in [-0.2, -0.15) is 0 Å². The molecule has 0 aliphatic carbocycles. The van der Waals surface area contributed by atoms with Crippen LogP contribution in [0.15, 0.2) is 42.5 Å². The van der Waals surface area contributed by atoms with Crippen LogP contribution in [0.25, 0.3) is 11.1 Å². The normalized spacial score (nSPS) is 10.5. The minimum absolute atomic E-state index is 0.490. The van der Waals surface area contributed by atoms with Crippen LogP contribution in [-0.2, 0) is 0 Å². The number of hydrogen-bond acceptors (Lipinski definition) is 2. The van der Waals surface area contributed by atoms with Gasteiger partial charge in [0, 0.05) is 0 Å². The fourth-order valence-corrected chi connectivity index (χ4v) is 2.08. The zero-order valence-electron chi connectivity index (χ0n) is 11.5.